The standard InChI is InChI=1S/C16H18BrClN2/c1-2-20-15(8-12-7-14(17)11-19-10-12)9-13-5-3-4-6-16(13)18/h3-7,10-11,15,20H,2,8-9H2,1H3. The summed E-state index contributed by atoms with van der Waals surface area (Å²) < 4.78 is 1.02. The predicted molar refractivity (Wildman–Crippen MR) is 88.3 cm³/mol. The van der Waals surface area contributed by atoms with Gasteiger partial charge in [0.15, 0.2) is 0 Å². The quantitative estimate of drug-likeness (QED) is 0.839. The van der Waals surface area contributed by atoms with Crippen LogP contribution in [0.1, 0.15) is 18.1 Å². The smallest absolute Gasteiger partial charge is 0.0438 e. The lowest BCUT2D eigenvalue weighted by Crippen LogP contribution is -2.33. The van der Waals surface area contributed by atoms with Crippen molar-refractivity contribution in [2.45, 2.75) is 25.8 Å². The first-order valence-corrected chi connectivity index (χ1v) is 7.92. The Balaban J connectivity index is 2.09. The molecular formula is C16H18BrClN2. The zero-order valence-corrected chi connectivity index (χ0v) is 13.8. The van der Waals surface area contributed by atoms with Gasteiger partial charge in [-0.3, -0.25) is 4.98 Å². The fourth-order valence-electron chi connectivity index (χ4n) is 2.29. The van der Waals surface area contributed by atoms with E-state index in [0.29, 0.717) is 6.04 Å². The second-order valence-corrected chi connectivity index (χ2v) is 6.09. The van der Waals surface area contributed by atoms with Gasteiger partial charge in [-0.05, 0) is 58.6 Å². The average Bonchev–Trinajstić information content (AvgIpc) is 2.42. The van der Waals surface area contributed by atoms with Crippen LogP contribution in [0.2, 0.25) is 5.02 Å². The summed E-state index contributed by atoms with van der Waals surface area (Å²) in [5.74, 6) is 0. The van der Waals surface area contributed by atoms with Crippen LogP contribution in [0.4, 0.5) is 0 Å². The van der Waals surface area contributed by atoms with Crippen LogP contribution in [-0.2, 0) is 12.8 Å². The molecule has 0 aliphatic heterocycles. The average molecular weight is 354 g/mol. The summed E-state index contributed by atoms with van der Waals surface area (Å²) in [6.07, 6.45) is 5.58. The highest BCUT2D eigenvalue weighted by Gasteiger charge is 2.11. The van der Waals surface area contributed by atoms with Gasteiger partial charge in [-0.15, -0.1) is 0 Å². The summed E-state index contributed by atoms with van der Waals surface area (Å²) in [7, 11) is 0. The summed E-state index contributed by atoms with van der Waals surface area (Å²) in [5, 5.41) is 4.36. The summed E-state index contributed by atoms with van der Waals surface area (Å²) >= 11 is 9.71. The molecular weight excluding hydrogens is 336 g/mol. The molecule has 1 atom stereocenters. The predicted octanol–water partition coefficient (Wildman–Crippen LogP) is 4.26. The number of hydrogen-bond acceptors (Lipinski definition) is 2. The van der Waals surface area contributed by atoms with Crippen LogP contribution in [0.25, 0.3) is 0 Å². The summed E-state index contributed by atoms with van der Waals surface area (Å²) in [5.41, 5.74) is 2.40. The minimum absolute atomic E-state index is 0.357. The lowest BCUT2D eigenvalue weighted by atomic mass is 10.00. The Kier molecular flexibility index (Phi) is 6.02. The molecule has 1 unspecified atom stereocenters. The van der Waals surface area contributed by atoms with Crippen molar-refractivity contribution < 1.29 is 0 Å². The van der Waals surface area contributed by atoms with Gasteiger partial charge >= 0.3 is 0 Å². The van der Waals surface area contributed by atoms with Crippen LogP contribution in [0.15, 0.2) is 47.2 Å². The Morgan fingerprint density at radius 3 is 2.75 bits per heavy atom. The minimum Gasteiger partial charge on any atom is -0.314 e. The number of nitrogens with one attached hydrogen (secondary N) is 1. The van der Waals surface area contributed by atoms with Crippen molar-refractivity contribution in [3.05, 3.63) is 63.3 Å². The number of aromatic nitrogens is 1. The molecule has 0 amide bonds. The third-order valence-corrected chi connectivity index (χ3v) is 3.96. The van der Waals surface area contributed by atoms with Gasteiger partial charge in [0.1, 0.15) is 0 Å². The lowest BCUT2D eigenvalue weighted by Gasteiger charge is -2.18. The fourth-order valence-corrected chi connectivity index (χ4v) is 2.91. The first-order chi connectivity index (χ1) is 9.69. The number of nitrogens with zero attached hydrogens (tertiary/aromatic N) is 1. The molecule has 106 valence electrons. The van der Waals surface area contributed by atoms with Gasteiger partial charge in [0.25, 0.3) is 0 Å². The zero-order valence-electron chi connectivity index (χ0n) is 11.4. The van der Waals surface area contributed by atoms with Gasteiger partial charge in [0.2, 0.25) is 0 Å². The number of hydrogen-bond donors (Lipinski definition) is 1. The van der Waals surface area contributed by atoms with E-state index in [1.165, 1.54) is 11.1 Å². The van der Waals surface area contributed by atoms with Crippen molar-refractivity contribution >= 4 is 27.5 Å². The van der Waals surface area contributed by atoms with Crippen molar-refractivity contribution in [1.82, 2.24) is 10.3 Å². The Morgan fingerprint density at radius 1 is 1.25 bits per heavy atom. The third kappa shape index (κ3) is 4.58. The molecule has 0 aliphatic rings. The molecule has 2 aromatic rings. The summed E-state index contributed by atoms with van der Waals surface area (Å²) in [6.45, 7) is 3.06. The summed E-state index contributed by atoms with van der Waals surface area (Å²) in [4.78, 5) is 4.22. The Hall–Kier alpha value is -0.900. The van der Waals surface area contributed by atoms with E-state index >= 15 is 0 Å². The normalized spacial score (nSPS) is 12.3. The molecule has 0 saturated heterocycles. The van der Waals surface area contributed by atoms with E-state index in [-0.39, 0.29) is 0 Å². The Morgan fingerprint density at radius 2 is 2.05 bits per heavy atom. The second kappa shape index (κ2) is 7.77. The number of benzene rings is 1. The van der Waals surface area contributed by atoms with Crippen molar-refractivity contribution in [3.63, 3.8) is 0 Å². The molecule has 0 aliphatic carbocycles. The molecule has 1 aromatic heterocycles. The first kappa shape index (κ1) is 15.5. The van der Waals surface area contributed by atoms with E-state index in [1.807, 2.05) is 24.4 Å². The first-order valence-electron chi connectivity index (χ1n) is 6.75. The third-order valence-electron chi connectivity index (χ3n) is 3.16. The maximum absolute atomic E-state index is 6.25. The van der Waals surface area contributed by atoms with Gasteiger partial charge < -0.3 is 5.32 Å². The molecule has 0 fully saturated rings. The molecule has 1 N–H and O–H groups in total. The molecule has 1 heterocycles. The largest absolute Gasteiger partial charge is 0.314 e. The van der Waals surface area contributed by atoms with Gasteiger partial charge in [-0.1, -0.05) is 36.7 Å². The molecule has 2 nitrogen and oxygen atoms in total. The maximum Gasteiger partial charge on any atom is 0.0438 e. The van der Waals surface area contributed by atoms with Gasteiger partial charge in [-0.2, -0.15) is 0 Å². The zero-order chi connectivity index (χ0) is 14.4. The van der Waals surface area contributed by atoms with E-state index in [1.54, 1.807) is 6.20 Å². The van der Waals surface area contributed by atoms with Gasteiger partial charge in [-0.25, -0.2) is 0 Å². The topological polar surface area (TPSA) is 24.9 Å². The number of halogens is 2. The highest BCUT2D eigenvalue weighted by molar-refractivity contribution is 9.10. The SMILES string of the molecule is CCNC(Cc1cncc(Br)c1)Cc1ccccc1Cl. The maximum atomic E-state index is 6.25. The van der Waals surface area contributed by atoms with Crippen LogP contribution in [0, 0.1) is 0 Å². The highest BCUT2D eigenvalue weighted by Crippen LogP contribution is 2.18. The Labute approximate surface area is 133 Å². The number of likely N-dealkylation sites (N-methyl/N-ethyl adjacent to an activating group) is 1. The second-order valence-electron chi connectivity index (χ2n) is 4.77. The van der Waals surface area contributed by atoms with Crippen molar-refractivity contribution in [1.29, 1.82) is 0 Å². The van der Waals surface area contributed by atoms with Crippen LogP contribution in [-0.4, -0.2) is 17.6 Å². The van der Waals surface area contributed by atoms with Gasteiger partial charge in [0.05, 0.1) is 0 Å². The molecule has 0 spiro atoms. The number of rotatable bonds is 6. The molecule has 1 aromatic carbocycles. The monoisotopic (exact) mass is 352 g/mol. The molecule has 20 heavy (non-hydrogen) atoms. The molecule has 4 heteroatoms. The highest BCUT2D eigenvalue weighted by atomic mass is 79.9. The van der Waals surface area contributed by atoms with Crippen LogP contribution < -0.4 is 5.32 Å². The van der Waals surface area contributed by atoms with E-state index in [2.05, 4.69) is 45.3 Å². The van der Waals surface area contributed by atoms with Crippen molar-refractivity contribution in [2.75, 3.05) is 6.54 Å². The fraction of sp³-hybridized carbons (Fsp3) is 0.312. The number of pyridine rings is 1. The molecule has 0 bridgehead atoms. The minimum atomic E-state index is 0.357. The van der Waals surface area contributed by atoms with Crippen molar-refractivity contribution in [3.8, 4) is 0 Å². The van der Waals surface area contributed by atoms with Gasteiger partial charge in [0, 0.05) is 27.9 Å². The molecule has 2 rings (SSSR count). The van der Waals surface area contributed by atoms with E-state index in [4.69, 9.17) is 11.6 Å². The van der Waals surface area contributed by atoms with Crippen LogP contribution in [0.5, 0.6) is 0 Å². The van der Waals surface area contributed by atoms with Crippen LogP contribution in [0.3, 0.4) is 0 Å². The van der Waals surface area contributed by atoms with E-state index < -0.39 is 0 Å². The Bertz CT molecular complexity index is 560. The van der Waals surface area contributed by atoms with E-state index in [0.717, 1.165) is 28.9 Å². The summed E-state index contributed by atoms with van der Waals surface area (Å²) in [6, 6.07) is 10.5. The van der Waals surface area contributed by atoms with E-state index in [9.17, 15) is 0 Å². The van der Waals surface area contributed by atoms with Crippen molar-refractivity contribution in [2.24, 2.45) is 0 Å². The molecule has 0 radical (unpaired) electrons. The van der Waals surface area contributed by atoms with Crippen LogP contribution >= 0.6 is 27.5 Å². The lowest BCUT2D eigenvalue weighted by molar-refractivity contribution is 0.521. The molecule has 0 saturated carbocycles.